The summed E-state index contributed by atoms with van der Waals surface area (Å²) in [4.78, 5) is 29.7. The van der Waals surface area contributed by atoms with E-state index in [4.69, 9.17) is 0 Å². The first-order valence-corrected chi connectivity index (χ1v) is 9.77. The van der Waals surface area contributed by atoms with Crippen LogP contribution in [-0.2, 0) is 11.2 Å². The van der Waals surface area contributed by atoms with Gasteiger partial charge >= 0.3 is 6.03 Å². The van der Waals surface area contributed by atoms with Crippen molar-refractivity contribution in [3.05, 3.63) is 40.9 Å². The quantitative estimate of drug-likeness (QED) is 0.768. The Kier molecular flexibility index (Phi) is 6.15. The van der Waals surface area contributed by atoms with Gasteiger partial charge in [-0.3, -0.25) is 15.0 Å². The Labute approximate surface area is 160 Å². The van der Waals surface area contributed by atoms with Crippen LogP contribution in [-0.4, -0.2) is 23.3 Å². The highest BCUT2D eigenvalue weighted by Gasteiger charge is 2.24. The topological polar surface area (TPSA) is 62.3 Å². The lowest BCUT2D eigenvalue weighted by atomic mass is 10.1. The molecule has 3 rings (SSSR count). The lowest BCUT2D eigenvalue weighted by molar-refractivity contribution is -0.116. The normalized spacial score (nSPS) is 14.3. The van der Waals surface area contributed by atoms with Crippen molar-refractivity contribution in [3.8, 4) is 0 Å². The zero-order chi connectivity index (χ0) is 19.4. The molecule has 0 atom stereocenters. The Morgan fingerprint density at radius 3 is 2.67 bits per heavy atom. The molecule has 0 saturated heterocycles. The highest BCUT2D eigenvalue weighted by atomic mass is 32.1. The number of carbonyl (C=O) groups excluding carboxylic acids is 2. The van der Waals surface area contributed by atoms with Crippen LogP contribution in [0.25, 0.3) is 0 Å². The number of urea groups is 1. The summed E-state index contributed by atoms with van der Waals surface area (Å²) in [5.74, 6) is -1.63. The molecule has 1 N–H and O–H groups in total. The number of rotatable bonds is 6. The zero-order valence-electron chi connectivity index (χ0n) is 15.0. The van der Waals surface area contributed by atoms with E-state index in [2.05, 4.69) is 10.3 Å². The Balaban J connectivity index is 1.78. The molecule has 8 heteroatoms. The standard InChI is InChI=1S/C19H21F2N3O2S/c1-12(25)8-14-11-27-18(22-14)23-19(26)24(10-13-4-2-3-5-13)15-6-7-16(20)17(21)9-15/h6-7,9,11,13H,2-5,8,10H2,1H3,(H,22,23,26). The third-order valence-electron chi connectivity index (χ3n) is 4.57. The molecular formula is C19H21F2N3O2S. The minimum atomic E-state index is -0.991. The fourth-order valence-electron chi connectivity index (χ4n) is 3.27. The van der Waals surface area contributed by atoms with Crippen LogP contribution in [0, 0.1) is 17.6 Å². The second-order valence-corrected chi connectivity index (χ2v) is 7.67. The summed E-state index contributed by atoms with van der Waals surface area (Å²) in [7, 11) is 0. The van der Waals surface area contributed by atoms with Crippen molar-refractivity contribution in [2.45, 2.75) is 39.0 Å². The van der Waals surface area contributed by atoms with Crippen molar-refractivity contribution in [1.29, 1.82) is 0 Å². The molecule has 0 bridgehead atoms. The van der Waals surface area contributed by atoms with E-state index < -0.39 is 17.7 Å². The molecule has 0 spiro atoms. The summed E-state index contributed by atoms with van der Waals surface area (Å²) in [5, 5.41) is 4.80. The van der Waals surface area contributed by atoms with E-state index in [1.165, 1.54) is 29.2 Å². The summed E-state index contributed by atoms with van der Waals surface area (Å²) in [6.07, 6.45) is 4.44. The molecule has 1 aliphatic carbocycles. The van der Waals surface area contributed by atoms with Gasteiger partial charge in [0.05, 0.1) is 5.69 Å². The van der Waals surface area contributed by atoms with Gasteiger partial charge in [0.15, 0.2) is 16.8 Å². The molecule has 2 amide bonds. The average Bonchev–Trinajstić information content (AvgIpc) is 3.27. The molecule has 1 aromatic carbocycles. The lowest BCUT2D eigenvalue weighted by Gasteiger charge is -2.25. The smallest absolute Gasteiger partial charge is 0.300 e. The number of nitrogens with one attached hydrogen (secondary N) is 1. The number of Topliss-reactive ketones (excluding diaryl/α,β-unsaturated/α-hetero) is 1. The van der Waals surface area contributed by atoms with Gasteiger partial charge < -0.3 is 0 Å². The molecule has 1 heterocycles. The Morgan fingerprint density at radius 1 is 1.26 bits per heavy atom. The highest BCUT2D eigenvalue weighted by Crippen LogP contribution is 2.29. The van der Waals surface area contributed by atoms with Crippen LogP contribution >= 0.6 is 11.3 Å². The van der Waals surface area contributed by atoms with E-state index in [1.54, 1.807) is 5.38 Å². The fraction of sp³-hybridized carbons (Fsp3) is 0.421. The first kappa shape index (κ1) is 19.4. The van der Waals surface area contributed by atoms with Gasteiger partial charge in [-0.15, -0.1) is 11.3 Å². The molecule has 0 aliphatic heterocycles. The first-order valence-electron chi connectivity index (χ1n) is 8.90. The lowest BCUT2D eigenvalue weighted by Crippen LogP contribution is -2.38. The van der Waals surface area contributed by atoms with Gasteiger partial charge in [0.25, 0.3) is 0 Å². The van der Waals surface area contributed by atoms with Gasteiger partial charge in [0, 0.05) is 30.1 Å². The SMILES string of the molecule is CC(=O)Cc1csc(NC(=O)N(CC2CCCC2)c2ccc(F)c(F)c2)n1. The molecule has 5 nitrogen and oxygen atoms in total. The summed E-state index contributed by atoms with van der Waals surface area (Å²) in [6.45, 7) is 1.91. The summed E-state index contributed by atoms with van der Waals surface area (Å²) in [5.41, 5.74) is 0.900. The van der Waals surface area contributed by atoms with Crippen LogP contribution in [0.5, 0.6) is 0 Å². The number of halogens is 2. The summed E-state index contributed by atoms with van der Waals surface area (Å²) >= 11 is 1.22. The van der Waals surface area contributed by atoms with Crippen LogP contribution in [0.1, 0.15) is 38.3 Å². The van der Waals surface area contributed by atoms with Crippen LogP contribution in [0.4, 0.5) is 24.4 Å². The Hall–Kier alpha value is -2.35. The molecule has 1 aromatic heterocycles. The van der Waals surface area contributed by atoms with E-state index in [9.17, 15) is 18.4 Å². The van der Waals surface area contributed by atoms with E-state index in [1.807, 2.05) is 0 Å². The number of thiazole rings is 1. The number of ketones is 1. The minimum absolute atomic E-state index is 0.0113. The number of hydrogen-bond donors (Lipinski definition) is 1. The largest absolute Gasteiger partial charge is 0.328 e. The number of carbonyl (C=O) groups is 2. The number of amides is 2. The first-order chi connectivity index (χ1) is 12.9. The third kappa shape index (κ3) is 5.09. The average molecular weight is 393 g/mol. The van der Waals surface area contributed by atoms with Crippen molar-refractivity contribution in [2.75, 3.05) is 16.8 Å². The zero-order valence-corrected chi connectivity index (χ0v) is 15.8. The molecule has 1 aliphatic rings. The second-order valence-electron chi connectivity index (χ2n) is 6.81. The predicted octanol–water partition coefficient (Wildman–Crippen LogP) is 4.78. The molecule has 2 aromatic rings. The van der Waals surface area contributed by atoms with Crippen molar-refractivity contribution in [3.63, 3.8) is 0 Å². The van der Waals surface area contributed by atoms with Crippen molar-refractivity contribution in [2.24, 2.45) is 5.92 Å². The number of nitrogens with zero attached hydrogens (tertiary/aromatic N) is 2. The highest BCUT2D eigenvalue weighted by molar-refractivity contribution is 7.14. The maximum Gasteiger partial charge on any atom is 0.328 e. The molecule has 27 heavy (non-hydrogen) atoms. The molecule has 0 unspecified atom stereocenters. The van der Waals surface area contributed by atoms with Crippen LogP contribution in [0.3, 0.4) is 0 Å². The minimum Gasteiger partial charge on any atom is -0.300 e. The molecule has 1 saturated carbocycles. The molecule has 1 fully saturated rings. The van der Waals surface area contributed by atoms with Gasteiger partial charge in [-0.25, -0.2) is 18.6 Å². The van der Waals surface area contributed by atoms with Gasteiger partial charge in [0.2, 0.25) is 0 Å². The maximum atomic E-state index is 13.7. The third-order valence-corrected chi connectivity index (χ3v) is 5.38. The van der Waals surface area contributed by atoms with Crippen LogP contribution < -0.4 is 10.2 Å². The Bertz CT molecular complexity index is 834. The fourth-order valence-corrected chi connectivity index (χ4v) is 3.97. The number of hydrogen-bond acceptors (Lipinski definition) is 4. The van der Waals surface area contributed by atoms with E-state index >= 15 is 0 Å². The van der Waals surface area contributed by atoms with Crippen molar-refractivity contribution < 1.29 is 18.4 Å². The number of anilines is 2. The van der Waals surface area contributed by atoms with Crippen LogP contribution in [0.15, 0.2) is 23.6 Å². The van der Waals surface area contributed by atoms with Crippen molar-refractivity contribution in [1.82, 2.24) is 4.98 Å². The monoisotopic (exact) mass is 393 g/mol. The second kappa shape index (κ2) is 8.56. The summed E-state index contributed by atoms with van der Waals surface area (Å²) in [6, 6.07) is 3.01. The predicted molar refractivity (Wildman–Crippen MR) is 101 cm³/mol. The Morgan fingerprint density at radius 2 is 2.00 bits per heavy atom. The molecular weight excluding hydrogens is 372 g/mol. The molecule has 144 valence electrons. The van der Waals surface area contributed by atoms with Gasteiger partial charge in [0.1, 0.15) is 5.78 Å². The van der Waals surface area contributed by atoms with Gasteiger partial charge in [-0.2, -0.15) is 0 Å². The number of benzene rings is 1. The van der Waals surface area contributed by atoms with Crippen molar-refractivity contribution >= 4 is 34.0 Å². The van der Waals surface area contributed by atoms with Gasteiger partial charge in [-0.05, 0) is 37.8 Å². The van der Waals surface area contributed by atoms with E-state index in [-0.39, 0.29) is 12.2 Å². The van der Waals surface area contributed by atoms with E-state index in [0.29, 0.717) is 29.0 Å². The van der Waals surface area contributed by atoms with Gasteiger partial charge in [-0.1, -0.05) is 12.8 Å². The molecule has 0 radical (unpaired) electrons. The van der Waals surface area contributed by atoms with Crippen LogP contribution in [0.2, 0.25) is 0 Å². The number of aromatic nitrogens is 1. The maximum absolute atomic E-state index is 13.7. The summed E-state index contributed by atoms with van der Waals surface area (Å²) < 4.78 is 27.0. The van der Waals surface area contributed by atoms with E-state index in [0.717, 1.165) is 37.8 Å².